The lowest BCUT2D eigenvalue weighted by molar-refractivity contribution is 0.758. The third-order valence-corrected chi connectivity index (χ3v) is 5.46. The summed E-state index contributed by atoms with van der Waals surface area (Å²) in [4.78, 5) is 12.3. The summed E-state index contributed by atoms with van der Waals surface area (Å²) >= 11 is 0. The van der Waals surface area contributed by atoms with Gasteiger partial charge in [-0.25, -0.2) is 4.98 Å². The number of aromatic amines is 1. The first-order chi connectivity index (χ1) is 15.6. The van der Waals surface area contributed by atoms with E-state index in [2.05, 4.69) is 69.8 Å². The molecule has 5 rings (SSSR count). The predicted octanol–water partition coefficient (Wildman–Crippen LogP) is 4.32. The van der Waals surface area contributed by atoms with Crippen LogP contribution in [0.3, 0.4) is 0 Å². The lowest BCUT2D eigenvalue weighted by Gasteiger charge is -2.11. The van der Waals surface area contributed by atoms with Crippen molar-refractivity contribution in [1.82, 2.24) is 29.5 Å². The highest BCUT2D eigenvalue weighted by Crippen LogP contribution is 2.25. The summed E-state index contributed by atoms with van der Waals surface area (Å²) in [5.41, 5.74) is 5.03. The quantitative estimate of drug-likeness (QED) is 0.422. The second kappa shape index (κ2) is 8.12. The van der Waals surface area contributed by atoms with Gasteiger partial charge in [0.15, 0.2) is 5.82 Å². The Hall–Kier alpha value is -4.25. The van der Waals surface area contributed by atoms with Gasteiger partial charge >= 0.3 is 0 Å². The van der Waals surface area contributed by atoms with E-state index < -0.39 is 0 Å². The first kappa shape index (κ1) is 19.7. The number of nitrogens with zero attached hydrogens (tertiary/aromatic N) is 6. The van der Waals surface area contributed by atoms with Crippen LogP contribution in [0.25, 0.3) is 27.8 Å². The van der Waals surface area contributed by atoms with Crippen LogP contribution in [0, 0.1) is 11.3 Å². The predicted molar refractivity (Wildman–Crippen MR) is 123 cm³/mol. The fourth-order valence-corrected chi connectivity index (χ4v) is 3.86. The van der Waals surface area contributed by atoms with Crippen molar-refractivity contribution in [2.24, 2.45) is 0 Å². The average Bonchev–Trinajstić information content (AvgIpc) is 3.43. The molecule has 0 fully saturated rings. The number of nitriles is 1. The monoisotopic (exact) mass is 422 g/mol. The molecule has 8 heteroatoms. The molecule has 0 bridgehead atoms. The molecule has 0 radical (unpaired) electrons. The Morgan fingerprint density at radius 1 is 1.19 bits per heavy atom. The summed E-state index contributed by atoms with van der Waals surface area (Å²) in [5.74, 6) is 1.71. The molecular weight excluding hydrogens is 400 g/mol. The molecule has 0 saturated heterocycles. The van der Waals surface area contributed by atoms with Gasteiger partial charge in [-0.2, -0.15) is 5.26 Å². The molecule has 4 aromatic heterocycles. The Balaban J connectivity index is 1.50. The van der Waals surface area contributed by atoms with Crippen LogP contribution in [0.5, 0.6) is 0 Å². The van der Waals surface area contributed by atoms with Gasteiger partial charge in [0.25, 0.3) is 0 Å². The van der Waals surface area contributed by atoms with Crippen molar-refractivity contribution in [2.45, 2.75) is 26.2 Å². The van der Waals surface area contributed by atoms with Crippen LogP contribution >= 0.6 is 0 Å². The van der Waals surface area contributed by atoms with Gasteiger partial charge in [0.05, 0.1) is 11.3 Å². The summed E-state index contributed by atoms with van der Waals surface area (Å²) in [5, 5.41) is 22.7. The van der Waals surface area contributed by atoms with Gasteiger partial charge in [0.1, 0.15) is 11.9 Å². The van der Waals surface area contributed by atoms with Gasteiger partial charge in [-0.1, -0.05) is 32.0 Å². The highest BCUT2D eigenvalue weighted by atomic mass is 15.3. The van der Waals surface area contributed by atoms with Gasteiger partial charge < -0.3 is 10.3 Å². The standard InChI is InChI=1S/C24H22N8/c1-15(2)23-30-31-24-22(27-8-7-17-13-28-20-6-4-3-5-19(17)20)29-21(14-32(23)24)18-9-16(10-25)11-26-12-18/h3-6,9,11-15,28H,7-8H2,1-2H3,(H,27,29). The number of benzene rings is 1. The Kier molecular flexibility index (Phi) is 5.00. The Labute approximate surface area is 185 Å². The molecule has 0 aliphatic rings. The van der Waals surface area contributed by atoms with E-state index in [1.54, 1.807) is 18.5 Å². The van der Waals surface area contributed by atoms with Crippen molar-refractivity contribution >= 4 is 22.4 Å². The van der Waals surface area contributed by atoms with Crippen LogP contribution in [0.15, 0.2) is 55.1 Å². The number of hydrogen-bond donors (Lipinski definition) is 2. The van der Waals surface area contributed by atoms with Gasteiger partial charge in [-0.15, -0.1) is 10.2 Å². The smallest absolute Gasteiger partial charge is 0.203 e. The summed E-state index contributed by atoms with van der Waals surface area (Å²) in [6, 6.07) is 12.2. The molecule has 32 heavy (non-hydrogen) atoms. The van der Waals surface area contributed by atoms with E-state index in [4.69, 9.17) is 4.98 Å². The van der Waals surface area contributed by atoms with E-state index in [9.17, 15) is 5.26 Å². The summed E-state index contributed by atoms with van der Waals surface area (Å²) in [6.07, 6.45) is 8.05. The second-order valence-electron chi connectivity index (χ2n) is 7.99. The van der Waals surface area contributed by atoms with Crippen molar-refractivity contribution in [1.29, 1.82) is 5.26 Å². The lowest BCUT2D eigenvalue weighted by atomic mass is 10.1. The van der Waals surface area contributed by atoms with Crippen molar-refractivity contribution < 1.29 is 0 Å². The highest BCUT2D eigenvalue weighted by Gasteiger charge is 2.16. The molecule has 0 atom stereocenters. The molecule has 0 unspecified atom stereocenters. The van der Waals surface area contributed by atoms with Gasteiger partial charge in [0.2, 0.25) is 5.65 Å². The molecule has 8 nitrogen and oxygen atoms in total. The number of anilines is 1. The lowest BCUT2D eigenvalue weighted by Crippen LogP contribution is -2.09. The summed E-state index contributed by atoms with van der Waals surface area (Å²) < 4.78 is 1.97. The van der Waals surface area contributed by atoms with Gasteiger partial charge in [0, 0.05) is 53.7 Å². The fraction of sp³-hybridized carbons (Fsp3) is 0.208. The van der Waals surface area contributed by atoms with Crippen LogP contribution < -0.4 is 5.32 Å². The van der Waals surface area contributed by atoms with E-state index >= 15 is 0 Å². The molecule has 0 aliphatic carbocycles. The maximum Gasteiger partial charge on any atom is 0.203 e. The van der Waals surface area contributed by atoms with E-state index in [-0.39, 0.29) is 5.92 Å². The minimum Gasteiger partial charge on any atom is -0.367 e. The van der Waals surface area contributed by atoms with Gasteiger partial charge in [-0.3, -0.25) is 9.38 Å². The number of para-hydroxylation sites is 1. The van der Waals surface area contributed by atoms with Crippen molar-refractivity contribution in [2.75, 3.05) is 11.9 Å². The molecule has 2 N–H and O–H groups in total. The second-order valence-corrected chi connectivity index (χ2v) is 7.99. The maximum absolute atomic E-state index is 9.25. The first-order valence-corrected chi connectivity index (χ1v) is 10.5. The van der Waals surface area contributed by atoms with E-state index in [1.165, 1.54) is 10.9 Å². The largest absolute Gasteiger partial charge is 0.367 e. The third-order valence-electron chi connectivity index (χ3n) is 5.46. The third kappa shape index (κ3) is 3.54. The maximum atomic E-state index is 9.25. The summed E-state index contributed by atoms with van der Waals surface area (Å²) in [7, 11) is 0. The van der Waals surface area contributed by atoms with Crippen LogP contribution in [0.4, 0.5) is 5.82 Å². The Bertz CT molecular complexity index is 1450. The number of hydrogen-bond acceptors (Lipinski definition) is 6. The molecule has 158 valence electrons. The van der Waals surface area contributed by atoms with Crippen LogP contribution in [0.1, 0.15) is 36.7 Å². The van der Waals surface area contributed by atoms with Crippen LogP contribution in [-0.4, -0.2) is 36.1 Å². The fourth-order valence-electron chi connectivity index (χ4n) is 3.86. The van der Waals surface area contributed by atoms with E-state index in [0.29, 0.717) is 29.3 Å². The highest BCUT2D eigenvalue weighted by molar-refractivity contribution is 5.83. The minimum atomic E-state index is 0.197. The molecule has 0 spiro atoms. The van der Waals surface area contributed by atoms with E-state index in [1.807, 2.05) is 16.7 Å². The Morgan fingerprint density at radius 3 is 2.91 bits per heavy atom. The zero-order chi connectivity index (χ0) is 22.1. The molecule has 5 aromatic rings. The number of H-pyrrole nitrogens is 1. The molecule has 4 heterocycles. The Morgan fingerprint density at radius 2 is 2.06 bits per heavy atom. The van der Waals surface area contributed by atoms with Crippen LogP contribution in [-0.2, 0) is 6.42 Å². The SMILES string of the molecule is CC(C)c1nnc2c(NCCc3c[nH]c4ccccc34)nc(-c3cncc(C#N)c3)cn12. The minimum absolute atomic E-state index is 0.197. The average molecular weight is 422 g/mol. The molecule has 0 saturated carbocycles. The number of pyridine rings is 1. The zero-order valence-electron chi connectivity index (χ0n) is 17.9. The van der Waals surface area contributed by atoms with Crippen LogP contribution in [0.2, 0.25) is 0 Å². The zero-order valence-corrected chi connectivity index (χ0v) is 17.9. The van der Waals surface area contributed by atoms with Gasteiger partial charge in [-0.05, 0) is 24.1 Å². The van der Waals surface area contributed by atoms with Crippen molar-refractivity contribution in [3.63, 3.8) is 0 Å². The number of aromatic nitrogens is 6. The molecule has 1 aromatic carbocycles. The molecule has 0 amide bonds. The topological polar surface area (TPSA) is 108 Å². The normalized spacial score (nSPS) is 11.3. The molecule has 0 aliphatic heterocycles. The number of fused-ring (bicyclic) bond motifs is 2. The summed E-state index contributed by atoms with van der Waals surface area (Å²) in [6.45, 7) is 4.85. The number of rotatable bonds is 6. The van der Waals surface area contributed by atoms with Crippen molar-refractivity contribution in [3.05, 3.63) is 72.1 Å². The number of nitrogens with one attached hydrogen (secondary N) is 2. The molecular formula is C24H22N8. The first-order valence-electron chi connectivity index (χ1n) is 10.5. The van der Waals surface area contributed by atoms with E-state index in [0.717, 1.165) is 23.3 Å². The van der Waals surface area contributed by atoms with Crippen molar-refractivity contribution in [3.8, 4) is 17.3 Å².